The molecule has 0 fully saturated rings. The second kappa shape index (κ2) is 7.37. The lowest BCUT2D eigenvalue weighted by Crippen LogP contribution is -2.34. The van der Waals surface area contributed by atoms with Crippen molar-refractivity contribution < 1.29 is 26.3 Å². The van der Waals surface area contributed by atoms with Crippen molar-refractivity contribution in [2.45, 2.75) is 32.2 Å². The van der Waals surface area contributed by atoms with Gasteiger partial charge < -0.3 is 10.6 Å². The van der Waals surface area contributed by atoms with Gasteiger partial charge in [0.25, 0.3) is 0 Å². The van der Waals surface area contributed by atoms with Crippen LogP contribution in [0.1, 0.15) is 12.6 Å². The summed E-state index contributed by atoms with van der Waals surface area (Å²) in [5, 5.41) is 3.82. The SMILES string of the molecule is C=C(Nc1nc(NC(C)C(F)(F)F)nc(-c2cccc(C)n2)n1)C(F)(F)F. The van der Waals surface area contributed by atoms with Crippen molar-refractivity contribution in [1.29, 1.82) is 0 Å². The van der Waals surface area contributed by atoms with Gasteiger partial charge in [-0.05, 0) is 26.0 Å². The Morgan fingerprint density at radius 1 is 1.00 bits per heavy atom. The van der Waals surface area contributed by atoms with Gasteiger partial charge in [0.05, 0.1) is 0 Å². The summed E-state index contributed by atoms with van der Waals surface area (Å²) in [5.74, 6) is -1.39. The number of hydrogen-bond acceptors (Lipinski definition) is 6. The van der Waals surface area contributed by atoms with E-state index in [0.717, 1.165) is 6.92 Å². The maximum Gasteiger partial charge on any atom is 0.430 e. The van der Waals surface area contributed by atoms with Gasteiger partial charge in [-0.3, -0.25) is 0 Å². The summed E-state index contributed by atoms with van der Waals surface area (Å²) in [5.41, 5.74) is -0.673. The second-order valence-corrected chi connectivity index (χ2v) is 5.48. The van der Waals surface area contributed by atoms with Crippen molar-refractivity contribution >= 4 is 11.9 Å². The van der Waals surface area contributed by atoms with E-state index < -0.39 is 36.0 Å². The van der Waals surface area contributed by atoms with Crippen LogP contribution >= 0.6 is 0 Å². The Morgan fingerprint density at radius 2 is 1.63 bits per heavy atom. The largest absolute Gasteiger partial charge is 0.430 e. The van der Waals surface area contributed by atoms with Crippen LogP contribution in [-0.4, -0.2) is 38.3 Å². The molecule has 0 aliphatic heterocycles. The smallest absolute Gasteiger partial charge is 0.343 e. The highest BCUT2D eigenvalue weighted by molar-refractivity contribution is 5.55. The van der Waals surface area contributed by atoms with Gasteiger partial charge in [-0.25, -0.2) is 4.98 Å². The number of nitrogens with zero attached hydrogens (tertiary/aromatic N) is 4. The second-order valence-electron chi connectivity index (χ2n) is 5.48. The topological polar surface area (TPSA) is 75.6 Å². The lowest BCUT2D eigenvalue weighted by molar-refractivity contribution is -0.138. The molecule has 146 valence electrons. The third-order valence-corrected chi connectivity index (χ3v) is 3.19. The van der Waals surface area contributed by atoms with Crippen molar-refractivity contribution in [1.82, 2.24) is 19.9 Å². The van der Waals surface area contributed by atoms with Gasteiger partial charge in [0.1, 0.15) is 17.4 Å². The molecule has 2 rings (SSSR count). The maximum absolute atomic E-state index is 12.8. The highest BCUT2D eigenvalue weighted by Gasteiger charge is 2.37. The first-order valence-corrected chi connectivity index (χ1v) is 7.43. The number of rotatable bonds is 5. The standard InChI is InChI=1S/C15H14F6N6/c1-7-5-4-6-10(22-7)11-25-12(23-8(2)14(16,17)18)27-13(26-11)24-9(3)15(19,20)21/h4-6,9H,2H2,1,3H3,(H2,23,24,25,26,27). The predicted molar refractivity (Wildman–Crippen MR) is 85.8 cm³/mol. The molecule has 0 bridgehead atoms. The molecule has 2 aromatic rings. The van der Waals surface area contributed by atoms with Crippen molar-refractivity contribution in [3.63, 3.8) is 0 Å². The quantitative estimate of drug-likeness (QED) is 0.747. The Morgan fingerprint density at radius 3 is 2.19 bits per heavy atom. The number of aromatic nitrogens is 4. The average Bonchev–Trinajstić information content (AvgIpc) is 2.52. The van der Waals surface area contributed by atoms with E-state index >= 15 is 0 Å². The zero-order chi connectivity index (χ0) is 20.4. The van der Waals surface area contributed by atoms with E-state index in [1.54, 1.807) is 19.1 Å². The first-order valence-electron chi connectivity index (χ1n) is 7.43. The van der Waals surface area contributed by atoms with E-state index in [4.69, 9.17) is 0 Å². The molecule has 2 aromatic heterocycles. The molecule has 0 radical (unpaired) electrons. The highest BCUT2D eigenvalue weighted by Crippen LogP contribution is 2.26. The fraction of sp³-hybridized carbons (Fsp3) is 0.333. The molecule has 1 atom stereocenters. The molecule has 12 heteroatoms. The van der Waals surface area contributed by atoms with Crippen molar-refractivity contribution in [3.8, 4) is 11.5 Å². The third kappa shape index (κ3) is 5.53. The molecule has 1 unspecified atom stereocenters. The van der Waals surface area contributed by atoms with Crippen LogP contribution in [0, 0.1) is 6.92 Å². The maximum atomic E-state index is 12.8. The van der Waals surface area contributed by atoms with Gasteiger partial charge in [-0.1, -0.05) is 12.6 Å². The summed E-state index contributed by atoms with van der Waals surface area (Å²) in [6, 6.07) is 2.66. The minimum Gasteiger partial charge on any atom is -0.343 e. The Balaban J connectivity index is 2.45. The Labute approximate surface area is 149 Å². The third-order valence-electron chi connectivity index (χ3n) is 3.19. The molecule has 6 nitrogen and oxygen atoms in total. The fourth-order valence-corrected chi connectivity index (χ4v) is 1.76. The van der Waals surface area contributed by atoms with Gasteiger partial charge in [0, 0.05) is 5.69 Å². The number of alkyl halides is 6. The molecule has 0 amide bonds. The molecule has 0 aliphatic carbocycles. The predicted octanol–water partition coefficient (Wildman–Crippen LogP) is 4.09. The molecule has 0 saturated heterocycles. The van der Waals surface area contributed by atoms with Gasteiger partial charge >= 0.3 is 12.4 Å². The Hall–Kier alpha value is -2.92. The first-order chi connectivity index (χ1) is 12.4. The van der Waals surface area contributed by atoms with Crippen molar-refractivity contribution in [2.75, 3.05) is 10.6 Å². The number of hydrogen-bond donors (Lipinski definition) is 2. The lowest BCUT2D eigenvalue weighted by atomic mass is 10.3. The summed E-state index contributed by atoms with van der Waals surface area (Å²) in [4.78, 5) is 15.3. The van der Waals surface area contributed by atoms with Gasteiger partial charge in [0.2, 0.25) is 11.9 Å². The zero-order valence-corrected chi connectivity index (χ0v) is 14.1. The Bertz CT molecular complexity index is 832. The van der Waals surface area contributed by atoms with Crippen LogP contribution in [0.25, 0.3) is 11.5 Å². The number of nitrogens with one attached hydrogen (secondary N) is 2. The average molecular weight is 392 g/mol. The van der Waals surface area contributed by atoms with Gasteiger partial charge in [0.15, 0.2) is 5.82 Å². The summed E-state index contributed by atoms with van der Waals surface area (Å²) >= 11 is 0. The van der Waals surface area contributed by atoms with E-state index in [1.165, 1.54) is 6.07 Å². The van der Waals surface area contributed by atoms with E-state index in [0.29, 0.717) is 5.69 Å². The molecule has 0 aromatic carbocycles. The lowest BCUT2D eigenvalue weighted by Gasteiger charge is -2.18. The van der Waals surface area contributed by atoms with Crippen LogP contribution in [-0.2, 0) is 0 Å². The first kappa shape index (κ1) is 20.4. The van der Waals surface area contributed by atoms with E-state index in [9.17, 15) is 26.3 Å². The van der Waals surface area contributed by atoms with Crippen LogP contribution in [0.5, 0.6) is 0 Å². The summed E-state index contributed by atoms with van der Waals surface area (Å²) < 4.78 is 76.3. The van der Waals surface area contributed by atoms with Crippen LogP contribution < -0.4 is 10.6 Å². The number of anilines is 2. The van der Waals surface area contributed by atoms with Crippen LogP contribution in [0.3, 0.4) is 0 Å². The monoisotopic (exact) mass is 392 g/mol. The molecular formula is C15H14F6N6. The minimum absolute atomic E-state index is 0.154. The summed E-state index contributed by atoms with van der Waals surface area (Å²) in [6.07, 6.45) is -9.40. The fourth-order valence-electron chi connectivity index (χ4n) is 1.76. The van der Waals surface area contributed by atoms with E-state index in [2.05, 4.69) is 26.5 Å². The number of pyridine rings is 1. The molecule has 2 heterocycles. The number of aryl methyl sites for hydroxylation is 1. The summed E-state index contributed by atoms with van der Waals surface area (Å²) in [6.45, 7) is 5.28. The molecule has 27 heavy (non-hydrogen) atoms. The van der Waals surface area contributed by atoms with Crippen molar-refractivity contribution in [2.24, 2.45) is 0 Å². The minimum atomic E-state index is -4.79. The molecule has 0 aliphatic rings. The van der Waals surface area contributed by atoms with E-state index in [1.807, 2.05) is 10.6 Å². The van der Waals surface area contributed by atoms with E-state index in [-0.39, 0.29) is 11.5 Å². The van der Waals surface area contributed by atoms with Gasteiger partial charge in [-0.15, -0.1) is 0 Å². The van der Waals surface area contributed by atoms with Gasteiger partial charge in [-0.2, -0.15) is 41.3 Å². The highest BCUT2D eigenvalue weighted by atomic mass is 19.4. The number of allylic oxidation sites excluding steroid dienone is 1. The molecule has 0 saturated carbocycles. The molecule has 2 N–H and O–H groups in total. The number of halogens is 6. The van der Waals surface area contributed by atoms with Crippen LogP contribution in [0.2, 0.25) is 0 Å². The normalized spacial score (nSPS) is 13.2. The molecular weight excluding hydrogens is 378 g/mol. The van der Waals surface area contributed by atoms with Crippen LogP contribution in [0.15, 0.2) is 30.5 Å². The summed E-state index contributed by atoms with van der Waals surface area (Å²) in [7, 11) is 0. The Kier molecular flexibility index (Phi) is 5.56. The molecule has 0 spiro atoms. The van der Waals surface area contributed by atoms with Crippen molar-refractivity contribution in [3.05, 3.63) is 36.2 Å². The zero-order valence-electron chi connectivity index (χ0n) is 14.1. The van der Waals surface area contributed by atoms with Crippen LogP contribution in [0.4, 0.5) is 38.2 Å².